The highest BCUT2D eigenvalue weighted by molar-refractivity contribution is 9.11. The third-order valence-corrected chi connectivity index (χ3v) is 6.58. The third-order valence-electron chi connectivity index (χ3n) is 4.96. The van der Waals surface area contributed by atoms with Gasteiger partial charge in [0, 0.05) is 29.6 Å². The van der Waals surface area contributed by atoms with Crippen molar-refractivity contribution in [2.24, 2.45) is 0 Å². The summed E-state index contributed by atoms with van der Waals surface area (Å²) in [6.07, 6.45) is 0.527. The van der Waals surface area contributed by atoms with Gasteiger partial charge in [-0.05, 0) is 41.4 Å². The maximum Gasteiger partial charge on any atom is 0.272 e. The number of aryl methyl sites for hydroxylation is 1. The Morgan fingerprint density at radius 2 is 2.06 bits per heavy atom. The van der Waals surface area contributed by atoms with Gasteiger partial charge in [0.15, 0.2) is 5.69 Å². The molecule has 1 fully saturated rings. The molecule has 4 rings (SSSR count). The zero-order valence-corrected chi connectivity index (χ0v) is 18.7. The van der Waals surface area contributed by atoms with Crippen LogP contribution in [0.3, 0.4) is 0 Å². The molecule has 1 saturated heterocycles. The van der Waals surface area contributed by atoms with Gasteiger partial charge in [-0.1, -0.05) is 0 Å². The van der Waals surface area contributed by atoms with Crippen LogP contribution in [0.2, 0.25) is 0 Å². The number of non-ortho nitro benzene ring substituents is 1. The van der Waals surface area contributed by atoms with Gasteiger partial charge in [-0.25, -0.2) is 4.98 Å². The summed E-state index contributed by atoms with van der Waals surface area (Å²) in [5.74, 6) is -0.709. The van der Waals surface area contributed by atoms with Crippen molar-refractivity contribution in [3.8, 4) is 0 Å². The first-order valence-corrected chi connectivity index (χ1v) is 11.0. The van der Waals surface area contributed by atoms with E-state index in [2.05, 4.69) is 36.5 Å². The summed E-state index contributed by atoms with van der Waals surface area (Å²) < 4.78 is 6.13. The summed E-state index contributed by atoms with van der Waals surface area (Å²) in [6.45, 7) is 2.53. The number of nitro benzene ring substituents is 1. The molecular formula is C19H18BrN5O5S. The second kappa shape index (κ2) is 8.73. The summed E-state index contributed by atoms with van der Waals surface area (Å²) in [6, 6.07) is 5.15. The van der Waals surface area contributed by atoms with Crippen molar-refractivity contribution in [3.63, 3.8) is 0 Å². The normalized spacial score (nSPS) is 18.6. The summed E-state index contributed by atoms with van der Waals surface area (Å²) >= 11 is 4.72. The van der Waals surface area contributed by atoms with Crippen LogP contribution in [-0.4, -0.2) is 52.0 Å². The molecule has 0 saturated carbocycles. The summed E-state index contributed by atoms with van der Waals surface area (Å²) in [5, 5.41) is 18.1. The lowest BCUT2D eigenvalue weighted by Crippen LogP contribution is -2.56. The van der Waals surface area contributed by atoms with E-state index in [9.17, 15) is 19.7 Å². The Kier molecular flexibility index (Phi) is 6.03. The maximum atomic E-state index is 12.8. The Bertz CT molecular complexity index is 1180. The number of nitrogens with zero attached hydrogens (tertiary/aromatic N) is 2. The molecular weight excluding hydrogens is 490 g/mol. The Balaban J connectivity index is 1.48. The largest absolute Gasteiger partial charge is 0.379 e. The van der Waals surface area contributed by atoms with E-state index in [1.807, 2.05) is 6.92 Å². The second-order valence-electron chi connectivity index (χ2n) is 7.09. The number of hydrogen-bond acceptors (Lipinski definition) is 7. The van der Waals surface area contributed by atoms with Gasteiger partial charge in [0.05, 0.1) is 28.6 Å². The molecule has 2 amide bonds. The van der Waals surface area contributed by atoms with E-state index in [0.717, 1.165) is 5.01 Å². The molecule has 12 heteroatoms. The number of ether oxygens (including phenoxy) is 1. The lowest BCUT2D eigenvalue weighted by Gasteiger charge is -2.32. The van der Waals surface area contributed by atoms with Gasteiger partial charge in [-0.15, -0.1) is 11.3 Å². The molecule has 3 aromatic rings. The average molecular weight is 508 g/mol. The Labute approximate surface area is 188 Å². The van der Waals surface area contributed by atoms with Gasteiger partial charge in [0.1, 0.15) is 9.48 Å². The van der Waals surface area contributed by atoms with E-state index in [-0.39, 0.29) is 35.8 Å². The number of aromatic nitrogens is 2. The zero-order valence-electron chi connectivity index (χ0n) is 16.3. The zero-order chi connectivity index (χ0) is 22.1. The van der Waals surface area contributed by atoms with E-state index in [1.54, 1.807) is 12.1 Å². The number of H-pyrrole nitrogens is 1. The van der Waals surface area contributed by atoms with E-state index >= 15 is 0 Å². The highest BCUT2D eigenvalue weighted by Gasteiger charge is 2.30. The number of thiazole rings is 1. The standard InChI is InChI=1S/C19H18BrN5O5S/c1-9-21-16(17(20)31-9)19(27)24-15-8-30-5-4-13(15)23-18(26)14-7-10-6-11(25(28)29)2-3-12(10)22-14/h2-3,6-7,13,15,22H,4-5,8H2,1H3,(H,23,26)(H,24,27)/t13-,15+/m0/s1. The van der Waals surface area contributed by atoms with Gasteiger partial charge in [0.2, 0.25) is 0 Å². The average Bonchev–Trinajstić information content (AvgIpc) is 3.31. The lowest BCUT2D eigenvalue weighted by molar-refractivity contribution is -0.384. The monoisotopic (exact) mass is 507 g/mol. The van der Waals surface area contributed by atoms with Crippen molar-refractivity contribution < 1.29 is 19.2 Å². The predicted molar refractivity (Wildman–Crippen MR) is 117 cm³/mol. The van der Waals surface area contributed by atoms with Crippen molar-refractivity contribution in [2.75, 3.05) is 13.2 Å². The van der Waals surface area contributed by atoms with Crippen LogP contribution >= 0.6 is 27.3 Å². The number of nitrogens with one attached hydrogen (secondary N) is 3. The molecule has 1 aromatic carbocycles. The van der Waals surface area contributed by atoms with Crippen LogP contribution in [0.25, 0.3) is 10.9 Å². The molecule has 2 atom stereocenters. The Hall–Kier alpha value is -2.83. The molecule has 3 N–H and O–H groups in total. The van der Waals surface area contributed by atoms with E-state index in [1.165, 1.54) is 23.5 Å². The number of halogens is 1. The van der Waals surface area contributed by atoms with E-state index in [0.29, 0.717) is 33.4 Å². The molecule has 31 heavy (non-hydrogen) atoms. The van der Waals surface area contributed by atoms with Crippen LogP contribution in [-0.2, 0) is 4.74 Å². The maximum absolute atomic E-state index is 12.8. The predicted octanol–water partition coefficient (Wildman–Crippen LogP) is 2.92. The number of aromatic amines is 1. The van der Waals surface area contributed by atoms with Gasteiger partial charge >= 0.3 is 0 Å². The van der Waals surface area contributed by atoms with Crippen LogP contribution < -0.4 is 10.6 Å². The summed E-state index contributed by atoms with van der Waals surface area (Å²) in [4.78, 5) is 43.1. The first-order chi connectivity index (χ1) is 14.8. The summed E-state index contributed by atoms with van der Waals surface area (Å²) in [5.41, 5.74) is 1.16. The molecule has 1 aliphatic rings. The van der Waals surface area contributed by atoms with Gasteiger partial charge < -0.3 is 20.4 Å². The molecule has 0 spiro atoms. The van der Waals surface area contributed by atoms with Crippen molar-refractivity contribution >= 4 is 55.7 Å². The minimum Gasteiger partial charge on any atom is -0.379 e. The van der Waals surface area contributed by atoms with Crippen molar-refractivity contribution in [1.82, 2.24) is 20.6 Å². The van der Waals surface area contributed by atoms with Crippen LogP contribution in [0.5, 0.6) is 0 Å². The fourth-order valence-electron chi connectivity index (χ4n) is 3.43. The fourth-order valence-corrected chi connectivity index (χ4v) is 5.04. The third kappa shape index (κ3) is 4.60. The molecule has 162 valence electrons. The molecule has 0 aliphatic carbocycles. The SMILES string of the molecule is Cc1nc(C(=O)N[C@@H]2COCC[C@@H]2NC(=O)c2cc3cc([N+](=O)[O-])ccc3[nH]2)c(Br)s1. The molecule has 10 nitrogen and oxygen atoms in total. The molecule has 1 aliphatic heterocycles. The molecule has 0 unspecified atom stereocenters. The van der Waals surface area contributed by atoms with Crippen molar-refractivity contribution in [1.29, 1.82) is 0 Å². The van der Waals surface area contributed by atoms with Gasteiger partial charge in [-0.2, -0.15) is 0 Å². The number of nitro groups is 1. The minimum absolute atomic E-state index is 0.0471. The number of carbonyl (C=O) groups is 2. The Morgan fingerprint density at radius 3 is 2.77 bits per heavy atom. The number of rotatable bonds is 5. The molecule has 2 aromatic heterocycles. The van der Waals surface area contributed by atoms with E-state index < -0.39 is 11.0 Å². The number of amides is 2. The van der Waals surface area contributed by atoms with Crippen molar-refractivity contribution in [3.05, 3.63) is 54.6 Å². The van der Waals surface area contributed by atoms with Gasteiger partial charge in [0.25, 0.3) is 17.5 Å². The van der Waals surface area contributed by atoms with Crippen LogP contribution in [0, 0.1) is 17.0 Å². The quantitative estimate of drug-likeness (QED) is 0.358. The minimum atomic E-state index is -0.482. The van der Waals surface area contributed by atoms with Crippen molar-refractivity contribution in [2.45, 2.75) is 25.4 Å². The number of benzene rings is 1. The highest BCUT2D eigenvalue weighted by Crippen LogP contribution is 2.25. The Morgan fingerprint density at radius 1 is 1.29 bits per heavy atom. The number of carbonyl (C=O) groups excluding carboxylic acids is 2. The van der Waals surface area contributed by atoms with Gasteiger partial charge in [-0.3, -0.25) is 19.7 Å². The van der Waals surface area contributed by atoms with Crippen LogP contribution in [0.1, 0.15) is 32.4 Å². The number of hydrogen-bond donors (Lipinski definition) is 3. The number of fused-ring (bicyclic) bond motifs is 1. The second-order valence-corrected chi connectivity index (χ2v) is 9.61. The first-order valence-electron chi connectivity index (χ1n) is 9.41. The van der Waals surface area contributed by atoms with Crippen LogP contribution in [0.15, 0.2) is 28.1 Å². The first kappa shape index (κ1) is 21.4. The van der Waals surface area contributed by atoms with E-state index in [4.69, 9.17) is 4.74 Å². The lowest BCUT2D eigenvalue weighted by atomic mass is 10.0. The highest BCUT2D eigenvalue weighted by atomic mass is 79.9. The molecule has 3 heterocycles. The topological polar surface area (TPSA) is 139 Å². The molecule has 0 bridgehead atoms. The summed E-state index contributed by atoms with van der Waals surface area (Å²) in [7, 11) is 0. The smallest absolute Gasteiger partial charge is 0.272 e. The van der Waals surface area contributed by atoms with Crippen LogP contribution in [0.4, 0.5) is 5.69 Å². The fraction of sp³-hybridized carbons (Fsp3) is 0.316. The molecule has 0 radical (unpaired) electrons.